The summed E-state index contributed by atoms with van der Waals surface area (Å²) < 4.78 is 0. The third-order valence-electron chi connectivity index (χ3n) is 5.92. The van der Waals surface area contributed by atoms with E-state index < -0.39 is 0 Å². The van der Waals surface area contributed by atoms with Gasteiger partial charge in [-0.3, -0.25) is 14.7 Å². The van der Waals surface area contributed by atoms with Gasteiger partial charge in [-0.15, -0.1) is 0 Å². The molecule has 1 aromatic heterocycles. The highest BCUT2D eigenvalue weighted by atomic mass is 16.2. The molecule has 1 aliphatic carbocycles. The number of carbonyl (C=O) groups excluding carboxylic acids is 1. The average Bonchev–Trinajstić information content (AvgIpc) is 3.47. The second-order valence-corrected chi connectivity index (χ2v) is 8.21. The molecule has 0 spiro atoms. The fraction of sp³-hybridized carbons (Fsp3) is 0.455. The Morgan fingerprint density at radius 1 is 1.23 bits per heavy atom. The smallest absolute Gasteiger partial charge is 0.223 e. The van der Waals surface area contributed by atoms with Crippen molar-refractivity contribution in [1.82, 2.24) is 15.2 Å². The molecular formula is C22H27N3O. The van der Waals surface area contributed by atoms with Crippen molar-refractivity contribution in [2.45, 2.75) is 44.7 Å². The van der Waals surface area contributed by atoms with Gasteiger partial charge in [0.15, 0.2) is 0 Å². The largest absolute Gasteiger partial charge is 0.354 e. The highest BCUT2D eigenvalue weighted by Crippen LogP contribution is 2.47. The van der Waals surface area contributed by atoms with Gasteiger partial charge in [0.1, 0.15) is 0 Å². The lowest BCUT2D eigenvalue weighted by atomic mass is 9.94. The summed E-state index contributed by atoms with van der Waals surface area (Å²) >= 11 is 0. The lowest BCUT2D eigenvalue weighted by Crippen LogP contribution is -2.53. The van der Waals surface area contributed by atoms with Crippen molar-refractivity contribution in [2.24, 2.45) is 5.92 Å². The Bertz CT molecular complexity index is 787. The fourth-order valence-corrected chi connectivity index (χ4v) is 4.01. The van der Waals surface area contributed by atoms with Crippen LogP contribution in [-0.4, -0.2) is 34.4 Å². The maximum absolute atomic E-state index is 12.6. The summed E-state index contributed by atoms with van der Waals surface area (Å²) in [4.78, 5) is 19.2. The minimum atomic E-state index is -0.0537. The molecule has 0 unspecified atom stereocenters. The Morgan fingerprint density at radius 2 is 2.04 bits per heavy atom. The predicted molar refractivity (Wildman–Crippen MR) is 103 cm³/mol. The molecule has 4 heteroatoms. The zero-order valence-corrected chi connectivity index (χ0v) is 15.6. The maximum Gasteiger partial charge on any atom is 0.223 e. The molecule has 2 aromatic rings. The third kappa shape index (κ3) is 3.51. The minimum Gasteiger partial charge on any atom is -0.354 e. The Kier molecular flexibility index (Phi) is 4.53. The minimum absolute atomic E-state index is 0.0537. The van der Waals surface area contributed by atoms with Gasteiger partial charge < -0.3 is 5.32 Å². The van der Waals surface area contributed by atoms with E-state index in [0.717, 1.165) is 25.9 Å². The molecule has 0 saturated heterocycles. The number of nitrogens with zero attached hydrogens (tertiary/aromatic N) is 2. The molecule has 1 saturated carbocycles. The highest BCUT2D eigenvalue weighted by Gasteiger charge is 2.44. The van der Waals surface area contributed by atoms with Gasteiger partial charge in [0.25, 0.3) is 0 Å². The van der Waals surface area contributed by atoms with Crippen molar-refractivity contribution < 1.29 is 4.79 Å². The summed E-state index contributed by atoms with van der Waals surface area (Å²) in [7, 11) is 0. The molecule has 0 radical (unpaired) electrons. The molecule has 1 aromatic carbocycles. The van der Waals surface area contributed by atoms with Crippen LogP contribution in [0, 0.1) is 5.92 Å². The van der Waals surface area contributed by atoms with Crippen LogP contribution in [0.2, 0.25) is 0 Å². The van der Waals surface area contributed by atoms with Crippen molar-refractivity contribution >= 4 is 5.91 Å². The molecular weight excluding hydrogens is 322 g/mol. The van der Waals surface area contributed by atoms with Crippen molar-refractivity contribution in [3.63, 3.8) is 0 Å². The van der Waals surface area contributed by atoms with Gasteiger partial charge in [0.05, 0.1) is 0 Å². The van der Waals surface area contributed by atoms with Gasteiger partial charge in [-0.2, -0.15) is 0 Å². The summed E-state index contributed by atoms with van der Waals surface area (Å²) in [6, 6.07) is 12.7. The third-order valence-corrected chi connectivity index (χ3v) is 5.92. The van der Waals surface area contributed by atoms with Crippen LogP contribution in [-0.2, 0) is 17.8 Å². The van der Waals surface area contributed by atoms with Crippen LogP contribution < -0.4 is 5.32 Å². The molecule has 1 aliphatic heterocycles. The number of hydrogen-bond donors (Lipinski definition) is 1. The van der Waals surface area contributed by atoms with E-state index in [1.165, 1.54) is 16.7 Å². The van der Waals surface area contributed by atoms with E-state index in [0.29, 0.717) is 12.5 Å². The Morgan fingerprint density at radius 3 is 2.81 bits per heavy atom. The molecule has 1 fully saturated rings. The summed E-state index contributed by atoms with van der Waals surface area (Å²) in [6.45, 7) is 7.14. The number of rotatable bonds is 5. The molecule has 4 rings (SSSR count). The quantitative estimate of drug-likeness (QED) is 0.902. The summed E-state index contributed by atoms with van der Waals surface area (Å²) in [5, 5.41) is 3.20. The first-order chi connectivity index (χ1) is 12.5. The van der Waals surface area contributed by atoms with Crippen molar-refractivity contribution in [1.29, 1.82) is 0 Å². The van der Waals surface area contributed by atoms with Crippen LogP contribution in [0.1, 0.15) is 42.9 Å². The summed E-state index contributed by atoms with van der Waals surface area (Å²) in [5.41, 5.74) is 4.00. The highest BCUT2D eigenvalue weighted by molar-refractivity contribution is 5.82. The SMILES string of the molecule is CC(C)(CNC(=O)[C@@H]1C[C@H]1c1cccnc1)N1CCc2ccccc2C1. The Labute approximate surface area is 155 Å². The predicted octanol–water partition coefficient (Wildman–Crippen LogP) is 3.14. The van der Waals surface area contributed by atoms with E-state index in [4.69, 9.17) is 0 Å². The maximum atomic E-state index is 12.6. The number of pyridine rings is 1. The van der Waals surface area contributed by atoms with Gasteiger partial charge in [-0.25, -0.2) is 0 Å². The number of benzene rings is 1. The topological polar surface area (TPSA) is 45.2 Å². The number of carbonyl (C=O) groups is 1. The summed E-state index contributed by atoms with van der Waals surface area (Å²) in [5.74, 6) is 0.634. The molecule has 1 amide bonds. The molecule has 1 N–H and O–H groups in total. The van der Waals surface area contributed by atoms with Crippen LogP contribution >= 0.6 is 0 Å². The van der Waals surface area contributed by atoms with Crippen LogP contribution in [0.4, 0.5) is 0 Å². The standard InChI is InChI=1S/C22H27N3O/c1-22(2,25-11-9-16-6-3-4-7-18(16)14-25)15-24-21(26)20-12-19(20)17-8-5-10-23-13-17/h3-8,10,13,19-20H,9,11-12,14-15H2,1-2H3,(H,24,26)/t19-,20+/m0/s1. The van der Waals surface area contributed by atoms with E-state index in [2.05, 4.69) is 59.4 Å². The van der Waals surface area contributed by atoms with Gasteiger partial charge >= 0.3 is 0 Å². The number of nitrogens with one attached hydrogen (secondary N) is 1. The van der Waals surface area contributed by atoms with Gasteiger partial charge in [-0.05, 0) is 55.4 Å². The van der Waals surface area contributed by atoms with E-state index in [-0.39, 0.29) is 17.4 Å². The van der Waals surface area contributed by atoms with Gasteiger partial charge in [0.2, 0.25) is 5.91 Å². The van der Waals surface area contributed by atoms with Crippen LogP contribution in [0.15, 0.2) is 48.8 Å². The number of fused-ring (bicyclic) bond motifs is 1. The van der Waals surface area contributed by atoms with Gasteiger partial charge in [0, 0.05) is 43.5 Å². The van der Waals surface area contributed by atoms with E-state index >= 15 is 0 Å². The molecule has 2 atom stereocenters. The normalized spacial score (nSPS) is 22.5. The average molecular weight is 349 g/mol. The number of hydrogen-bond acceptors (Lipinski definition) is 3. The first-order valence-corrected chi connectivity index (χ1v) is 9.54. The second kappa shape index (κ2) is 6.84. The lowest BCUT2D eigenvalue weighted by molar-refractivity contribution is -0.123. The zero-order valence-electron chi connectivity index (χ0n) is 15.6. The number of aromatic nitrogens is 1. The van der Waals surface area contributed by atoms with E-state index in [1.807, 2.05) is 12.3 Å². The Hall–Kier alpha value is -2.20. The molecule has 0 bridgehead atoms. The van der Waals surface area contributed by atoms with Crippen LogP contribution in [0.3, 0.4) is 0 Å². The van der Waals surface area contributed by atoms with E-state index in [9.17, 15) is 4.79 Å². The summed E-state index contributed by atoms with van der Waals surface area (Å²) in [6.07, 6.45) is 5.68. The zero-order chi connectivity index (χ0) is 18.1. The molecule has 4 nitrogen and oxygen atoms in total. The first-order valence-electron chi connectivity index (χ1n) is 9.54. The molecule has 2 heterocycles. The molecule has 136 valence electrons. The van der Waals surface area contributed by atoms with Crippen molar-refractivity contribution in [2.75, 3.05) is 13.1 Å². The van der Waals surface area contributed by atoms with Crippen molar-refractivity contribution in [3.8, 4) is 0 Å². The van der Waals surface area contributed by atoms with Crippen molar-refractivity contribution in [3.05, 3.63) is 65.5 Å². The molecule has 26 heavy (non-hydrogen) atoms. The van der Waals surface area contributed by atoms with E-state index in [1.54, 1.807) is 6.20 Å². The first kappa shape index (κ1) is 17.2. The molecule has 2 aliphatic rings. The Balaban J connectivity index is 1.32. The monoisotopic (exact) mass is 349 g/mol. The van der Waals surface area contributed by atoms with Gasteiger partial charge in [-0.1, -0.05) is 30.3 Å². The lowest BCUT2D eigenvalue weighted by Gasteiger charge is -2.41. The van der Waals surface area contributed by atoms with Crippen LogP contribution in [0.25, 0.3) is 0 Å². The van der Waals surface area contributed by atoms with Crippen LogP contribution in [0.5, 0.6) is 0 Å². The fourth-order valence-electron chi connectivity index (χ4n) is 4.01. The number of amides is 1. The second-order valence-electron chi connectivity index (χ2n) is 8.21.